The predicted molar refractivity (Wildman–Crippen MR) is 50.2 cm³/mol. The maximum absolute atomic E-state index is 8.81. The van der Waals surface area contributed by atoms with Crippen LogP contribution in [0.5, 0.6) is 0 Å². The zero-order valence-corrected chi connectivity index (χ0v) is 8.16. The van der Waals surface area contributed by atoms with Gasteiger partial charge in [-0.25, -0.2) is 0 Å². The van der Waals surface area contributed by atoms with Crippen molar-refractivity contribution in [3.63, 3.8) is 0 Å². The van der Waals surface area contributed by atoms with Gasteiger partial charge in [-0.05, 0) is 33.5 Å². The fourth-order valence-corrected chi connectivity index (χ4v) is 1.71. The van der Waals surface area contributed by atoms with Gasteiger partial charge in [-0.3, -0.25) is 4.90 Å². The zero-order chi connectivity index (χ0) is 8.97. The van der Waals surface area contributed by atoms with Crippen LogP contribution >= 0.6 is 0 Å². The highest BCUT2D eigenvalue weighted by atomic mass is 16.3. The number of β-amino-alcohol motifs (C(OH)–C–C–N with tert-alkyl or cyclic N) is 1. The molecular formula is C9H20N2O. The fraction of sp³-hybridized carbons (Fsp3) is 1.00. The molecule has 0 radical (unpaired) electrons. The van der Waals surface area contributed by atoms with Crippen LogP contribution in [0.25, 0.3) is 0 Å². The quantitative estimate of drug-likeness (QED) is 0.635. The molecule has 3 nitrogen and oxygen atoms in total. The summed E-state index contributed by atoms with van der Waals surface area (Å²) in [7, 11) is 2.17. The molecule has 72 valence electrons. The minimum absolute atomic E-state index is 0.288. The Bertz CT molecular complexity index is 130. The molecule has 1 aliphatic heterocycles. The van der Waals surface area contributed by atoms with Crippen molar-refractivity contribution < 1.29 is 5.11 Å². The lowest BCUT2D eigenvalue weighted by Gasteiger charge is -2.25. The number of nitrogens with zero attached hydrogens (tertiary/aromatic N) is 2. The van der Waals surface area contributed by atoms with Gasteiger partial charge in [-0.2, -0.15) is 0 Å². The highest BCUT2D eigenvalue weighted by Gasteiger charge is 2.17. The van der Waals surface area contributed by atoms with E-state index in [0.29, 0.717) is 6.04 Å². The topological polar surface area (TPSA) is 26.7 Å². The summed E-state index contributed by atoms with van der Waals surface area (Å²) >= 11 is 0. The first-order valence-corrected chi connectivity index (χ1v) is 4.77. The van der Waals surface area contributed by atoms with E-state index in [4.69, 9.17) is 5.11 Å². The van der Waals surface area contributed by atoms with Crippen LogP contribution in [0.3, 0.4) is 0 Å². The Morgan fingerprint density at radius 3 is 2.83 bits per heavy atom. The van der Waals surface area contributed by atoms with Crippen LogP contribution in [0.4, 0.5) is 0 Å². The number of likely N-dealkylation sites (N-methyl/N-ethyl adjacent to an activating group) is 1. The lowest BCUT2D eigenvalue weighted by molar-refractivity contribution is 0.179. The van der Waals surface area contributed by atoms with E-state index in [9.17, 15) is 0 Å². The minimum Gasteiger partial charge on any atom is -0.395 e. The number of hydrogen-bond donors (Lipinski definition) is 1. The molecule has 0 amide bonds. The van der Waals surface area contributed by atoms with Gasteiger partial charge in [0.2, 0.25) is 0 Å². The van der Waals surface area contributed by atoms with E-state index in [-0.39, 0.29) is 6.61 Å². The Kier molecular flexibility index (Phi) is 3.98. The largest absolute Gasteiger partial charge is 0.395 e. The molecule has 0 aromatic rings. The van der Waals surface area contributed by atoms with Gasteiger partial charge in [0.05, 0.1) is 6.61 Å². The van der Waals surface area contributed by atoms with Crippen molar-refractivity contribution in [2.45, 2.75) is 19.4 Å². The molecule has 1 saturated heterocycles. The third-order valence-electron chi connectivity index (χ3n) is 2.68. The van der Waals surface area contributed by atoms with Crippen LogP contribution in [0, 0.1) is 0 Å². The van der Waals surface area contributed by atoms with Crippen LogP contribution in [-0.2, 0) is 0 Å². The molecule has 0 spiro atoms. The van der Waals surface area contributed by atoms with Gasteiger partial charge < -0.3 is 10.0 Å². The van der Waals surface area contributed by atoms with Crippen LogP contribution in [0.15, 0.2) is 0 Å². The third kappa shape index (κ3) is 2.73. The first-order chi connectivity index (χ1) is 5.74. The van der Waals surface area contributed by atoms with Gasteiger partial charge in [0, 0.05) is 19.1 Å². The first kappa shape index (κ1) is 9.96. The lowest BCUT2D eigenvalue weighted by atomic mass is 10.3. The van der Waals surface area contributed by atoms with Gasteiger partial charge >= 0.3 is 0 Å². The molecule has 0 aromatic heterocycles. The molecule has 1 N–H and O–H groups in total. The predicted octanol–water partition coefficient (Wildman–Crippen LogP) is 0.00470. The van der Waals surface area contributed by atoms with Crippen molar-refractivity contribution in [2.24, 2.45) is 0 Å². The van der Waals surface area contributed by atoms with Gasteiger partial charge in [0.15, 0.2) is 0 Å². The lowest BCUT2D eigenvalue weighted by Crippen LogP contribution is -2.37. The van der Waals surface area contributed by atoms with Crippen molar-refractivity contribution in [3.05, 3.63) is 0 Å². The van der Waals surface area contributed by atoms with Gasteiger partial charge in [0.1, 0.15) is 0 Å². The zero-order valence-electron chi connectivity index (χ0n) is 8.16. The van der Waals surface area contributed by atoms with E-state index in [1.54, 1.807) is 0 Å². The highest BCUT2D eigenvalue weighted by Crippen LogP contribution is 2.06. The Labute approximate surface area is 75.0 Å². The standard InChI is InChI=1S/C9H20N2O/c1-9-8-11(6-7-12)5-3-4-10(9)2/h9,12H,3-8H2,1-2H3. The molecule has 1 rings (SSSR count). The number of aliphatic hydroxyl groups excluding tert-OH is 1. The Morgan fingerprint density at radius 2 is 2.17 bits per heavy atom. The number of aliphatic hydroxyl groups is 1. The van der Waals surface area contributed by atoms with Gasteiger partial charge in [-0.1, -0.05) is 0 Å². The Morgan fingerprint density at radius 1 is 1.42 bits per heavy atom. The summed E-state index contributed by atoms with van der Waals surface area (Å²) in [5, 5.41) is 8.81. The first-order valence-electron chi connectivity index (χ1n) is 4.77. The second-order valence-electron chi connectivity index (χ2n) is 3.71. The monoisotopic (exact) mass is 172 g/mol. The minimum atomic E-state index is 0.288. The normalized spacial score (nSPS) is 28.8. The maximum atomic E-state index is 8.81. The summed E-state index contributed by atoms with van der Waals surface area (Å²) in [6.07, 6.45) is 1.22. The SMILES string of the molecule is CC1CN(CCO)CCCN1C. The van der Waals surface area contributed by atoms with E-state index in [0.717, 1.165) is 19.6 Å². The molecule has 1 fully saturated rings. The molecule has 1 unspecified atom stereocenters. The average Bonchev–Trinajstić information content (AvgIpc) is 2.16. The molecule has 1 aliphatic rings. The van der Waals surface area contributed by atoms with E-state index in [1.165, 1.54) is 13.0 Å². The molecule has 3 heteroatoms. The molecule has 1 atom stereocenters. The van der Waals surface area contributed by atoms with E-state index in [2.05, 4.69) is 23.8 Å². The average molecular weight is 172 g/mol. The smallest absolute Gasteiger partial charge is 0.0558 e. The molecule has 0 aromatic carbocycles. The summed E-state index contributed by atoms with van der Waals surface area (Å²) in [4.78, 5) is 4.73. The highest BCUT2D eigenvalue weighted by molar-refractivity contribution is 4.73. The molecule has 12 heavy (non-hydrogen) atoms. The Balaban J connectivity index is 2.37. The summed E-state index contributed by atoms with van der Waals surface area (Å²) in [6.45, 7) is 6.78. The number of hydrogen-bond acceptors (Lipinski definition) is 3. The summed E-state index contributed by atoms with van der Waals surface area (Å²) in [6, 6.07) is 0.624. The van der Waals surface area contributed by atoms with E-state index in [1.807, 2.05) is 0 Å². The van der Waals surface area contributed by atoms with Crippen LogP contribution < -0.4 is 0 Å². The van der Waals surface area contributed by atoms with Crippen LogP contribution in [0.1, 0.15) is 13.3 Å². The molecule has 0 saturated carbocycles. The van der Waals surface area contributed by atoms with E-state index < -0.39 is 0 Å². The van der Waals surface area contributed by atoms with Crippen molar-refractivity contribution >= 4 is 0 Å². The second-order valence-corrected chi connectivity index (χ2v) is 3.71. The molecule has 1 heterocycles. The molecule has 0 bridgehead atoms. The third-order valence-corrected chi connectivity index (χ3v) is 2.68. The fourth-order valence-electron chi connectivity index (χ4n) is 1.71. The summed E-state index contributed by atoms with van der Waals surface area (Å²) in [5.74, 6) is 0. The summed E-state index contributed by atoms with van der Waals surface area (Å²) < 4.78 is 0. The van der Waals surface area contributed by atoms with Crippen LogP contribution in [0.2, 0.25) is 0 Å². The van der Waals surface area contributed by atoms with Crippen molar-refractivity contribution in [1.29, 1.82) is 0 Å². The summed E-state index contributed by atoms with van der Waals surface area (Å²) in [5.41, 5.74) is 0. The second kappa shape index (κ2) is 4.80. The number of rotatable bonds is 2. The molecular weight excluding hydrogens is 152 g/mol. The van der Waals surface area contributed by atoms with Crippen molar-refractivity contribution in [3.8, 4) is 0 Å². The van der Waals surface area contributed by atoms with Crippen molar-refractivity contribution in [1.82, 2.24) is 9.80 Å². The maximum Gasteiger partial charge on any atom is 0.0558 e. The van der Waals surface area contributed by atoms with Gasteiger partial charge in [-0.15, -0.1) is 0 Å². The van der Waals surface area contributed by atoms with Crippen molar-refractivity contribution in [2.75, 3.05) is 39.8 Å². The Hall–Kier alpha value is -0.120. The van der Waals surface area contributed by atoms with Gasteiger partial charge in [0.25, 0.3) is 0 Å². The molecule has 0 aliphatic carbocycles. The van der Waals surface area contributed by atoms with Crippen LogP contribution in [-0.4, -0.2) is 60.8 Å². The van der Waals surface area contributed by atoms with E-state index >= 15 is 0 Å².